The summed E-state index contributed by atoms with van der Waals surface area (Å²) in [4.78, 5) is 28.2. The van der Waals surface area contributed by atoms with Gasteiger partial charge in [-0.15, -0.1) is 11.3 Å². The fourth-order valence-corrected chi connectivity index (χ4v) is 4.18. The maximum atomic E-state index is 13.2. The maximum absolute atomic E-state index is 13.2. The zero-order chi connectivity index (χ0) is 19.8. The Kier molecular flexibility index (Phi) is 4.61. The fraction of sp³-hybridized carbons (Fsp3) is 0.130. The van der Waals surface area contributed by atoms with Gasteiger partial charge in [0.05, 0.1) is 16.5 Å². The predicted octanol–water partition coefficient (Wildman–Crippen LogP) is 5.15. The van der Waals surface area contributed by atoms with E-state index in [1.54, 1.807) is 17.5 Å². The summed E-state index contributed by atoms with van der Waals surface area (Å²) in [6.45, 7) is 3.93. The van der Waals surface area contributed by atoms with Crippen molar-refractivity contribution in [3.8, 4) is 0 Å². The quantitative estimate of drug-likeness (QED) is 0.628. The molecule has 0 radical (unpaired) electrons. The number of Topliss-reactive ketones (excluding diaryl/α,β-unsaturated/α-hetero) is 1. The first-order chi connectivity index (χ1) is 13.5. The number of benzene rings is 2. The Morgan fingerprint density at radius 2 is 1.75 bits per heavy atom. The Balaban J connectivity index is 1.89. The van der Waals surface area contributed by atoms with Gasteiger partial charge >= 0.3 is 0 Å². The van der Waals surface area contributed by atoms with Gasteiger partial charge in [0, 0.05) is 5.69 Å². The molecule has 0 aliphatic carbocycles. The minimum absolute atomic E-state index is 0.124. The number of carbonyl (C=O) groups is 2. The van der Waals surface area contributed by atoms with Crippen LogP contribution in [-0.4, -0.2) is 16.8 Å². The van der Waals surface area contributed by atoms with Gasteiger partial charge in [-0.25, -0.2) is 0 Å². The lowest BCUT2D eigenvalue weighted by Crippen LogP contribution is -2.31. The molecule has 3 aromatic rings. The second-order valence-corrected chi connectivity index (χ2v) is 7.84. The zero-order valence-corrected chi connectivity index (χ0v) is 16.4. The van der Waals surface area contributed by atoms with E-state index in [1.807, 2.05) is 62.4 Å². The third-order valence-electron chi connectivity index (χ3n) is 4.87. The molecule has 28 heavy (non-hydrogen) atoms. The number of aliphatic hydroxyl groups excluding tert-OH is 1. The van der Waals surface area contributed by atoms with Gasteiger partial charge in [0.1, 0.15) is 0 Å². The van der Waals surface area contributed by atoms with Crippen LogP contribution < -0.4 is 4.90 Å². The standard InChI is InChI=1S/C23H19NO3S/c1-14-8-10-17(11-9-14)24-20(16-6-3-5-15(2)13-16)19(22(26)23(24)27)21(25)18-7-4-12-28-18/h3-13,20,26H,1-2H3. The minimum atomic E-state index is -0.676. The van der Waals surface area contributed by atoms with Crippen LogP contribution in [0.1, 0.15) is 32.4 Å². The van der Waals surface area contributed by atoms with Gasteiger partial charge in [-0.3, -0.25) is 14.5 Å². The molecule has 0 fully saturated rings. The summed E-state index contributed by atoms with van der Waals surface area (Å²) < 4.78 is 0. The highest BCUT2D eigenvalue weighted by molar-refractivity contribution is 7.12. The van der Waals surface area contributed by atoms with Crippen molar-refractivity contribution in [2.45, 2.75) is 19.9 Å². The van der Waals surface area contributed by atoms with Crippen molar-refractivity contribution < 1.29 is 14.7 Å². The van der Waals surface area contributed by atoms with Crippen LogP contribution in [0.15, 0.2) is 77.4 Å². The molecule has 0 bridgehead atoms. The number of nitrogens with zero attached hydrogens (tertiary/aromatic N) is 1. The number of amides is 1. The number of hydrogen-bond donors (Lipinski definition) is 1. The minimum Gasteiger partial charge on any atom is -0.503 e. The molecular formula is C23H19NO3S. The first-order valence-corrected chi connectivity index (χ1v) is 9.83. The molecule has 140 valence electrons. The molecule has 1 amide bonds. The van der Waals surface area contributed by atoms with Crippen LogP contribution in [0.5, 0.6) is 0 Å². The highest BCUT2D eigenvalue weighted by Gasteiger charge is 2.44. The van der Waals surface area contributed by atoms with E-state index in [0.29, 0.717) is 10.6 Å². The van der Waals surface area contributed by atoms with Crippen LogP contribution in [0.2, 0.25) is 0 Å². The number of thiophene rings is 1. The molecule has 0 spiro atoms. The van der Waals surface area contributed by atoms with E-state index in [2.05, 4.69) is 0 Å². The van der Waals surface area contributed by atoms with Crippen molar-refractivity contribution in [1.29, 1.82) is 0 Å². The summed E-state index contributed by atoms with van der Waals surface area (Å²) in [5.41, 5.74) is 3.64. The largest absolute Gasteiger partial charge is 0.503 e. The fourth-order valence-electron chi connectivity index (χ4n) is 3.50. The number of carbonyl (C=O) groups excluding carboxylic acids is 2. The monoisotopic (exact) mass is 389 g/mol. The van der Waals surface area contributed by atoms with Gasteiger partial charge in [0.2, 0.25) is 5.78 Å². The average Bonchev–Trinajstić information content (AvgIpc) is 3.30. The van der Waals surface area contributed by atoms with Crippen LogP contribution in [0.25, 0.3) is 0 Å². The Labute approximate surface area is 167 Å². The normalized spacial score (nSPS) is 16.7. The van der Waals surface area contributed by atoms with Crippen molar-refractivity contribution >= 4 is 28.7 Å². The maximum Gasteiger partial charge on any atom is 0.294 e. The summed E-state index contributed by atoms with van der Waals surface area (Å²) in [7, 11) is 0. The Bertz CT molecular complexity index is 1080. The number of anilines is 1. The first kappa shape index (κ1) is 18.2. The van der Waals surface area contributed by atoms with Crippen molar-refractivity contribution in [2.24, 2.45) is 0 Å². The van der Waals surface area contributed by atoms with E-state index in [4.69, 9.17) is 0 Å². The number of aryl methyl sites for hydroxylation is 2. The van der Waals surface area contributed by atoms with Crippen LogP contribution in [0, 0.1) is 13.8 Å². The third-order valence-corrected chi connectivity index (χ3v) is 5.74. The molecule has 2 aromatic carbocycles. The lowest BCUT2D eigenvalue weighted by atomic mass is 9.94. The van der Waals surface area contributed by atoms with Gasteiger partial charge in [0.15, 0.2) is 5.76 Å². The van der Waals surface area contributed by atoms with E-state index >= 15 is 0 Å². The van der Waals surface area contributed by atoms with E-state index in [9.17, 15) is 14.7 Å². The molecule has 1 N–H and O–H groups in total. The molecule has 0 saturated heterocycles. The first-order valence-electron chi connectivity index (χ1n) is 8.95. The molecule has 1 aromatic heterocycles. The molecule has 1 unspecified atom stereocenters. The molecule has 0 saturated carbocycles. The van der Waals surface area contributed by atoms with Crippen molar-refractivity contribution in [1.82, 2.24) is 0 Å². The Hall–Kier alpha value is -3.18. The van der Waals surface area contributed by atoms with Gasteiger partial charge in [-0.2, -0.15) is 0 Å². The highest BCUT2D eigenvalue weighted by Crippen LogP contribution is 2.42. The van der Waals surface area contributed by atoms with Gasteiger partial charge in [0.25, 0.3) is 5.91 Å². The Morgan fingerprint density at radius 1 is 1.00 bits per heavy atom. The van der Waals surface area contributed by atoms with Crippen LogP contribution in [-0.2, 0) is 4.79 Å². The summed E-state index contributed by atoms with van der Waals surface area (Å²) in [6.07, 6.45) is 0. The molecule has 1 aliphatic heterocycles. The second-order valence-electron chi connectivity index (χ2n) is 6.90. The number of rotatable bonds is 4. The zero-order valence-electron chi connectivity index (χ0n) is 15.5. The van der Waals surface area contributed by atoms with Crippen molar-refractivity contribution in [2.75, 3.05) is 4.90 Å². The summed E-state index contributed by atoms with van der Waals surface area (Å²) in [5, 5.41) is 12.5. The van der Waals surface area contributed by atoms with Gasteiger partial charge < -0.3 is 5.11 Å². The summed E-state index contributed by atoms with van der Waals surface area (Å²) >= 11 is 1.30. The Morgan fingerprint density at radius 3 is 2.39 bits per heavy atom. The lowest BCUT2D eigenvalue weighted by Gasteiger charge is -2.27. The molecule has 5 heteroatoms. The van der Waals surface area contributed by atoms with Gasteiger partial charge in [-0.1, -0.05) is 53.6 Å². The van der Waals surface area contributed by atoms with Crippen LogP contribution in [0.4, 0.5) is 5.69 Å². The lowest BCUT2D eigenvalue weighted by molar-refractivity contribution is -0.117. The van der Waals surface area contributed by atoms with E-state index in [1.165, 1.54) is 16.2 Å². The number of aliphatic hydroxyl groups is 1. The molecular weight excluding hydrogens is 370 g/mol. The molecule has 2 heterocycles. The number of ketones is 1. The van der Waals surface area contributed by atoms with Gasteiger partial charge in [-0.05, 0) is 43.0 Å². The van der Waals surface area contributed by atoms with Crippen molar-refractivity contribution in [3.05, 3.63) is 98.9 Å². The molecule has 1 aliphatic rings. The summed E-state index contributed by atoms with van der Waals surface area (Å²) in [5.74, 6) is -1.36. The van der Waals surface area contributed by atoms with Crippen molar-refractivity contribution in [3.63, 3.8) is 0 Å². The second kappa shape index (κ2) is 7.09. The average molecular weight is 389 g/mol. The van der Waals surface area contributed by atoms with Crippen LogP contribution in [0.3, 0.4) is 0 Å². The van der Waals surface area contributed by atoms with Crippen LogP contribution >= 0.6 is 11.3 Å². The molecule has 4 rings (SSSR count). The van der Waals surface area contributed by atoms with E-state index in [-0.39, 0.29) is 11.4 Å². The number of hydrogen-bond acceptors (Lipinski definition) is 4. The topological polar surface area (TPSA) is 57.6 Å². The SMILES string of the molecule is Cc1ccc(N2C(=O)C(O)=C(C(=O)c3cccs3)C2c2cccc(C)c2)cc1. The molecule has 4 nitrogen and oxygen atoms in total. The third kappa shape index (κ3) is 3.04. The predicted molar refractivity (Wildman–Crippen MR) is 111 cm³/mol. The summed E-state index contributed by atoms with van der Waals surface area (Å²) in [6, 6.07) is 18.0. The highest BCUT2D eigenvalue weighted by atomic mass is 32.1. The molecule has 1 atom stereocenters. The smallest absolute Gasteiger partial charge is 0.294 e. The van der Waals surface area contributed by atoms with E-state index in [0.717, 1.165) is 16.7 Å². The van der Waals surface area contributed by atoms with E-state index < -0.39 is 17.7 Å².